The third kappa shape index (κ3) is 2.38. The van der Waals surface area contributed by atoms with Crippen LogP contribution in [0.3, 0.4) is 0 Å². The Kier molecular flexibility index (Phi) is 3.17. The summed E-state index contributed by atoms with van der Waals surface area (Å²) in [6, 6.07) is 2.53. The van der Waals surface area contributed by atoms with Crippen LogP contribution in [-0.2, 0) is 16.0 Å². The van der Waals surface area contributed by atoms with Gasteiger partial charge < -0.3 is 20.1 Å². The fourth-order valence-corrected chi connectivity index (χ4v) is 2.76. The number of carbonyl (C=O) groups excluding carboxylic acids is 2. The van der Waals surface area contributed by atoms with E-state index in [2.05, 4.69) is 0 Å². The molecule has 3 rings (SSSR count). The van der Waals surface area contributed by atoms with Crippen molar-refractivity contribution in [2.45, 2.75) is 25.0 Å². The highest BCUT2D eigenvalue weighted by Crippen LogP contribution is 2.40. The van der Waals surface area contributed by atoms with Gasteiger partial charge in [0.2, 0.25) is 11.6 Å². The van der Waals surface area contributed by atoms with Gasteiger partial charge in [0, 0.05) is 36.5 Å². The Balaban J connectivity index is 1.91. The molecule has 0 amide bonds. The van der Waals surface area contributed by atoms with E-state index in [0.29, 0.717) is 5.56 Å². The number of Topliss-reactive ketones (excluding diaryl/α,β-unsaturated/α-hetero) is 1. The van der Waals surface area contributed by atoms with Gasteiger partial charge in [-0.15, -0.1) is 0 Å². The minimum Gasteiger partial charge on any atom is -0.508 e. The van der Waals surface area contributed by atoms with Crippen LogP contribution < -0.4 is 4.74 Å². The molecule has 1 heterocycles. The van der Waals surface area contributed by atoms with Crippen LogP contribution in [0.15, 0.2) is 24.3 Å². The van der Waals surface area contributed by atoms with Gasteiger partial charge in [0.15, 0.2) is 0 Å². The molecular weight excluding hydrogens is 276 g/mol. The maximum absolute atomic E-state index is 11.5. The second kappa shape index (κ2) is 4.89. The molecule has 0 bridgehead atoms. The van der Waals surface area contributed by atoms with Gasteiger partial charge in [0.25, 0.3) is 0 Å². The van der Waals surface area contributed by atoms with Gasteiger partial charge >= 0.3 is 0 Å². The number of hydrogen-bond acceptors (Lipinski definition) is 6. The molecule has 110 valence electrons. The molecule has 1 aliphatic heterocycles. The van der Waals surface area contributed by atoms with Crippen LogP contribution in [0.5, 0.6) is 17.2 Å². The monoisotopic (exact) mass is 290 g/mol. The molecule has 0 unspecified atom stereocenters. The largest absolute Gasteiger partial charge is 0.508 e. The topological polar surface area (TPSA) is 104 Å². The first-order valence-corrected chi connectivity index (χ1v) is 6.60. The molecular formula is C15H14O6. The quantitative estimate of drug-likeness (QED) is 0.650. The number of ketones is 2. The molecule has 0 saturated carbocycles. The number of hydrogen-bond donors (Lipinski definition) is 3. The number of aliphatic hydroxyl groups excluding tert-OH is 1. The highest BCUT2D eigenvalue weighted by atomic mass is 16.5. The van der Waals surface area contributed by atoms with Crippen molar-refractivity contribution in [2.24, 2.45) is 5.92 Å². The molecule has 0 spiro atoms. The third-order valence-electron chi connectivity index (χ3n) is 3.84. The average Bonchev–Trinajstić information content (AvgIpc) is 2.42. The SMILES string of the molecule is O=C1C=C[C@H]([C@H]2Oc3cc(O)cc(O)c3C[C@H]2O)CC1=O. The Labute approximate surface area is 120 Å². The Morgan fingerprint density at radius 1 is 1.14 bits per heavy atom. The maximum Gasteiger partial charge on any atom is 0.221 e. The van der Waals surface area contributed by atoms with E-state index in [9.17, 15) is 24.9 Å². The van der Waals surface area contributed by atoms with E-state index in [-0.39, 0.29) is 30.1 Å². The number of carbonyl (C=O) groups is 2. The molecule has 0 radical (unpaired) electrons. The van der Waals surface area contributed by atoms with Gasteiger partial charge in [0.05, 0.1) is 6.10 Å². The normalized spacial score (nSPS) is 28.1. The zero-order chi connectivity index (χ0) is 15.1. The lowest BCUT2D eigenvalue weighted by molar-refractivity contribution is -0.135. The molecule has 6 heteroatoms. The number of ether oxygens (including phenoxy) is 1. The van der Waals surface area contributed by atoms with Crippen molar-refractivity contribution < 1.29 is 29.6 Å². The zero-order valence-corrected chi connectivity index (χ0v) is 11.0. The second-order valence-electron chi connectivity index (χ2n) is 5.31. The summed E-state index contributed by atoms with van der Waals surface area (Å²) in [5.74, 6) is -1.49. The molecule has 2 aliphatic rings. The number of phenolic OH excluding ortho intramolecular Hbond substituents is 2. The summed E-state index contributed by atoms with van der Waals surface area (Å²) in [7, 11) is 0. The molecule has 21 heavy (non-hydrogen) atoms. The van der Waals surface area contributed by atoms with Crippen LogP contribution in [-0.4, -0.2) is 39.1 Å². The fourth-order valence-electron chi connectivity index (χ4n) is 2.76. The summed E-state index contributed by atoms with van der Waals surface area (Å²) < 4.78 is 5.64. The third-order valence-corrected chi connectivity index (χ3v) is 3.84. The van der Waals surface area contributed by atoms with Gasteiger partial charge in [-0.2, -0.15) is 0 Å². The lowest BCUT2D eigenvalue weighted by Gasteiger charge is -2.35. The lowest BCUT2D eigenvalue weighted by atomic mass is 9.84. The number of fused-ring (bicyclic) bond motifs is 1. The second-order valence-corrected chi connectivity index (χ2v) is 5.31. The molecule has 1 aliphatic carbocycles. The maximum atomic E-state index is 11.5. The smallest absolute Gasteiger partial charge is 0.221 e. The molecule has 3 N–H and O–H groups in total. The fraction of sp³-hybridized carbons (Fsp3) is 0.333. The molecule has 1 aromatic rings. The van der Waals surface area contributed by atoms with E-state index in [1.54, 1.807) is 6.08 Å². The van der Waals surface area contributed by atoms with Gasteiger partial charge in [-0.3, -0.25) is 9.59 Å². The van der Waals surface area contributed by atoms with Crippen molar-refractivity contribution in [1.29, 1.82) is 0 Å². The van der Waals surface area contributed by atoms with Crippen LogP contribution in [0.4, 0.5) is 0 Å². The Hall–Kier alpha value is -2.34. The summed E-state index contributed by atoms with van der Waals surface area (Å²) in [5.41, 5.74) is 0.416. The predicted molar refractivity (Wildman–Crippen MR) is 71.2 cm³/mol. The first-order chi connectivity index (χ1) is 9.95. The molecule has 0 aromatic heterocycles. The van der Waals surface area contributed by atoms with E-state index in [1.165, 1.54) is 18.2 Å². The number of aromatic hydroxyl groups is 2. The molecule has 1 aromatic carbocycles. The van der Waals surface area contributed by atoms with E-state index in [1.807, 2.05) is 0 Å². The molecule has 0 fully saturated rings. The van der Waals surface area contributed by atoms with E-state index < -0.39 is 29.7 Å². The van der Waals surface area contributed by atoms with Gasteiger partial charge in [-0.1, -0.05) is 6.08 Å². The number of benzene rings is 1. The van der Waals surface area contributed by atoms with Crippen molar-refractivity contribution in [3.63, 3.8) is 0 Å². The number of allylic oxidation sites excluding steroid dienone is 1. The molecule has 0 saturated heterocycles. The van der Waals surface area contributed by atoms with Crippen molar-refractivity contribution in [3.8, 4) is 17.2 Å². The minimum absolute atomic E-state index is 0.0167. The first-order valence-electron chi connectivity index (χ1n) is 6.60. The number of aliphatic hydroxyl groups is 1. The van der Waals surface area contributed by atoms with Crippen LogP contribution >= 0.6 is 0 Å². The molecule has 3 atom stereocenters. The van der Waals surface area contributed by atoms with Crippen molar-refractivity contribution in [3.05, 3.63) is 29.8 Å². The Morgan fingerprint density at radius 2 is 1.90 bits per heavy atom. The predicted octanol–water partition coefficient (Wildman–Crippen LogP) is 0.476. The number of phenols is 2. The Bertz CT molecular complexity index is 648. The zero-order valence-electron chi connectivity index (χ0n) is 11.0. The van der Waals surface area contributed by atoms with Crippen LogP contribution in [0.2, 0.25) is 0 Å². The van der Waals surface area contributed by atoms with Crippen molar-refractivity contribution in [1.82, 2.24) is 0 Å². The van der Waals surface area contributed by atoms with Crippen LogP contribution in [0.1, 0.15) is 12.0 Å². The van der Waals surface area contributed by atoms with Crippen molar-refractivity contribution in [2.75, 3.05) is 0 Å². The van der Waals surface area contributed by atoms with E-state index >= 15 is 0 Å². The van der Waals surface area contributed by atoms with E-state index in [4.69, 9.17) is 4.74 Å². The lowest BCUT2D eigenvalue weighted by Crippen LogP contribution is -2.44. The van der Waals surface area contributed by atoms with Gasteiger partial charge in [-0.05, 0) is 6.08 Å². The van der Waals surface area contributed by atoms with E-state index in [0.717, 1.165) is 0 Å². The average molecular weight is 290 g/mol. The Morgan fingerprint density at radius 3 is 2.62 bits per heavy atom. The van der Waals surface area contributed by atoms with Crippen molar-refractivity contribution >= 4 is 11.6 Å². The minimum atomic E-state index is -0.913. The summed E-state index contributed by atoms with van der Waals surface area (Å²) in [5, 5.41) is 29.4. The summed E-state index contributed by atoms with van der Waals surface area (Å²) in [6.45, 7) is 0. The summed E-state index contributed by atoms with van der Waals surface area (Å²) >= 11 is 0. The first kappa shape index (κ1) is 13.6. The summed E-state index contributed by atoms with van der Waals surface area (Å²) in [6.07, 6.45) is 1.28. The highest BCUT2D eigenvalue weighted by Gasteiger charge is 2.38. The molecule has 6 nitrogen and oxygen atoms in total. The summed E-state index contributed by atoms with van der Waals surface area (Å²) in [4.78, 5) is 22.7. The van der Waals surface area contributed by atoms with Gasteiger partial charge in [0.1, 0.15) is 23.4 Å². The van der Waals surface area contributed by atoms with Gasteiger partial charge in [-0.25, -0.2) is 0 Å². The standard InChI is InChI=1S/C15H14O6/c16-8-4-11(18)9-6-13(20)15(21-14(9)5-8)7-1-2-10(17)12(19)3-7/h1-2,4-5,7,13,15-16,18,20H,3,6H2/t7-,13+,15+/m0/s1. The number of rotatable bonds is 1. The van der Waals surface area contributed by atoms with Crippen LogP contribution in [0, 0.1) is 5.92 Å². The van der Waals surface area contributed by atoms with Crippen LogP contribution in [0.25, 0.3) is 0 Å². The highest BCUT2D eigenvalue weighted by molar-refractivity contribution is 6.42.